The van der Waals surface area contributed by atoms with Crippen molar-refractivity contribution in [3.05, 3.63) is 50.9 Å². The summed E-state index contributed by atoms with van der Waals surface area (Å²) >= 11 is 7.65. The van der Waals surface area contributed by atoms with Crippen LogP contribution in [0.4, 0.5) is 0 Å². The summed E-state index contributed by atoms with van der Waals surface area (Å²) in [7, 11) is 0. The molecule has 2 nitrogen and oxygen atoms in total. The molecule has 3 rings (SSSR count). The van der Waals surface area contributed by atoms with E-state index in [2.05, 4.69) is 34.7 Å². The number of thiazole rings is 1. The number of nitrogens with zero attached hydrogens (tertiary/aromatic N) is 1. The molecule has 1 saturated carbocycles. The van der Waals surface area contributed by atoms with Crippen LogP contribution in [0, 0.1) is 6.92 Å². The van der Waals surface area contributed by atoms with E-state index in [1.165, 1.54) is 24.1 Å². The minimum Gasteiger partial charge on any atom is -0.314 e. The Morgan fingerprint density at radius 1 is 1.30 bits per heavy atom. The van der Waals surface area contributed by atoms with Crippen LogP contribution in [0.25, 0.3) is 0 Å². The first-order valence-corrected chi connectivity index (χ1v) is 8.36. The van der Waals surface area contributed by atoms with Gasteiger partial charge in [-0.25, -0.2) is 4.98 Å². The highest BCUT2D eigenvalue weighted by atomic mass is 35.5. The molecule has 1 heterocycles. The fraction of sp³-hybridized carbons (Fsp3) is 0.438. The number of hydrogen-bond acceptors (Lipinski definition) is 3. The van der Waals surface area contributed by atoms with Gasteiger partial charge in [-0.2, -0.15) is 0 Å². The number of hydrogen-bond donors (Lipinski definition) is 1. The fourth-order valence-electron chi connectivity index (χ4n) is 2.72. The monoisotopic (exact) mass is 306 g/mol. The Balaban J connectivity index is 1.39. The third-order valence-electron chi connectivity index (χ3n) is 3.96. The number of aromatic nitrogens is 1. The van der Waals surface area contributed by atoms with E-state index in [1.54, 1.807) is 11.3 Å². The molecule has 0 atom stereocenters. The van der Waals surface area contributed by atoms with Crippen LogP contribution >= 0.6 is 22.9 Å². The molecule has 1 aromatic carbocycles. The average Bonchev–Trinajstić information content (AvgIpc) is 2.80. The Bertz CT molecular complexity index is 558. The smallest absolute Gasteiger partial charge is 0.0897 e. The summed E-state index contributed by atoms with van der Waals surface area (Å²) in [6.45, 7) is 3.09. The van der Waals surface area contributed by atoms with Crippen LogP contribution in [0.2, 0.25) is 5.02 Å². The molecular formula is C16H19ClN2S. The third kappa shape index (κ3) is 3.40. The molecule has 0 unspecified atom stereocenters. The van der Waals surface area contributed by atoms with E-state index in [0.717, 1.165) is 23.0 Å². The van der Waals surface area contributed by atoms with E-state index in [1.807, 2.05) is 12.1 Å². The van der Waals surface area contributed by atoms with Crippen LogP contribution in [-0.2, 0) is 6.42 Å². The van der Waals surface area contributed by atoms with Crippen molar-refractivity contribution >= 4 is 22.9 Å². The summed E-state index contributed by atoms with van der Waals surface area (Å²) in [5.41, 5.74) is 2.64. The molecule has 1 aliphatic carbocycles. The van der Waals surface area contributed by atoms with E-state index < -0.39 is 0 Å². The van der Waals surface area contributed by atoms with Crippen molar-refractivity contribution in [1.82, 2.24) is 10.3 Å². The largest absolute Gasteiger partial charge is 0.314 e. The van der Waals surface area contributed by atoms with E-state index >= 15 is 0 Å². The van der Waals surface area contributed by atoms with Gasteiger partial charge in [0.05, 0.1) is 10.7 Å². The van der Waals surface area contributed by atoms with Crippen molar-refractivity contribution in [2.45, 2.75) is 38.1 Å². The van der Waals surface area contributed by atoms with Gasteiger partial charge in [0.15, 0.2) is 0 Å². The second kappa shape index (κ2) is 6.25. The Kier molecular flexibility index (Phi) is 4.39. The zero-order valence-electron chi connectivity index (χ0n) is 11.6. The maximum absolute atomic E-state index is 5.92. The molecule has 1 N–H and O–H groups in total. The lowest BCUT2D eigenvalue weighted by Crippen LogP contribution is -2.40. The number of halogens is 1. The summed E-state index contributed by atoms with van der Waals surface area (Å²) in [5.74, 6) is 0.700. The minimum atomic E-state index is 0.662. The van der Waals surface area contributed by atoms with E-state index in [0.29, 0.717) is 12.0 Å². The summed E-state index contributed by atoms with van der Waals surface area (Å²) in [4.78, 5) is 4.49. The van der Waals surface area contributed by atoms with Crippen LogP contribution in [0.5, 0.6) is 0 Å². The molecule has 0 saturated heterocycles. The SMILES string of the molecule is Cc1nc(CCNC2CC(c3ccc(Cl)cc3)C2)cs1. The maximum atomic E-state index is 5.92. The maximum Gasteiger partial charge on any atom is 0.0897 e. The zero-order chi connectivity index (χ0) is 13.9. The van der Waals surface area contributed by atoms with Crippen LogP contribution in [0.3, 0.4) is 0 Å². The molecule has 1 aromatic heterocycles. The second-order valence-corrected chi connectivity index (χ2v) is 6.98. The molecule has 1 fully saturated rings. The van der Waals surface area contributed by atoms with Gasteiger partial charge in [-0.05, 0) is 43.4 Å². The highest BCUT2D eigenvalue weighted by molar-refractivity contribution is 7.09. The summed E-state index contributed by atoms with van der Waals surface area (Å²) in [6, 6.07) is 8.95. The standard InChI is InChI=1S/C16H19ClN2S/c1-11-19-15(10-20-11)6-7-18-16-8-13(9-16)12-2-4-14(17)5-3-12/h2-5,10,13,16,18H,6-9H2,1H3. The predicted molar refractivity (Wildman–Crippen MR) is 85.8 cm³/mol. The molecule has 106 valence electrons. The summed E-state index contributed by atoms with van der Waals surface area (Å²) in [6.07, 6.45) is 3.50. The number of aryl methyl sites for hydroxylation is 1. The normalized spacial score (nSPS) is 21.7. The molecule has 4 heteroatoms. The lowest BCUT2D eigenvalue weighted by atomic mass is 9.76. The van der Waals surface area contributed by atoms with Gasteiger partial charge in [-0.3, -0.25) is 0 Å². The first kappa shape index (κ1) is 14.1. The fourth-order valence-corrected chi connectivity index (χ4v) is 3.49. The molecule has 0 bridgehead atoms. The zero-order valence-corrected chi connectivity index (χ0v) is 13.2. The van der Waals surface area contributed by atoms with Crippen molar-refractivity contribution in [2.24, 2.45) is 0 Å². The van der Waals surface area contributed by atoms with Crippen molar-refractivity contribution in [3.63, 3.8) is 0 Å². The first-order valence-electron chi connectivity index (χ1n) is 7.10. The molecular weight excluding hydrogens is 288 g/mol. The Labute approximate surface area is 129 Å². The number of nitrogens with one attached hydrogen (secondary N) is 1. The van der Waals surface area contributed by atoms with Crippen molar-refractivity contribution < 1.29 is 0 Å². The molecule has 2 aromatic rings. The molecule has 1 aliphatic rings. The van der Waals surface area contributed by atoms with Gasteiger partial charge in [-0.15, -0.1) is 11.3 Å². The van der Waals surface area contributed by atoms with Gasteiger partial charge in [0.1, 0.15) is 0 Å². The molecule has 0 radical (unpaired) electrons. The molecule has 20 heavy (non-hydrogen) atoms. The summed E-state index contributed by atoms with van der Waals surface area (Å²) in [5, 5.41) is 7.77. The highest BCUT2D eigenvalue weighted by Crippen LogP contribution is 2.37. The van der Waals surface area contributed by atoms with Gasteiger partial charge in [0.2, 0.25) is 0 Å². The lowest BCUT2D eigenvalue weighted by Gasteiger charge is -2.36. The average molecular weight is 307 g/mol. The van der Waals surface area contributed by atoms with Crippen LogP contribution in [0.15, 0.2) is 29.6 Å². The Morgan fingerprint density at radius 3 is 2.70 bits per heavy atom. The lowest BCUT2D eigenvalue weighted by molar-refractivity contribution is 0.292. The van der Waals surface area contributed by atoms with Gasteiger partial charge >= 0.3 is 0 Å². The predicted octanol–water partition coefficient (Wildman–Crippen LogP) is 4.18. The molecule has 0 amide bonds. The van der Waals surface area contributed by atoms with Crippen molar-refractivity contribution in [3.8, 4) is 0 Å². The number of rotatable bonds is 5. The van der Waals surface area contributed by atoms with E-state index in [4.69, 9.17) is 11.6 Å². The van der Waals surface area contributed by atoms with Gasteiger partial charge in [0.25, 0.3) is 0 Å². The first-order chi connectivity index (χ1) is 9.70. The van der Waals surface area contributed by atoms with E-state index in [-0.39, 0.29) is 0 Å². The topological polar surface area (TPSA) is 24.9 Å². The number of benzene rings is 1. The van der Waals surface area contributed by atoms with Gasteiger partial charge < -0.3 is 5.32 Å². The highest BCUT2D eigenvalue weighted by Gasteiger charge is 2.29. The third-order valence-corrected chi connectivity index (χ3v) is 5.03. The molecule has 0 spiro atoms. The molecule has 0 aliphatic heterocycles. The van der Waals surface area contributed by atoms with Gasteiger partial charge in [0, 0.05) is 29.4 Å². The van der Waals surface area contributed by atoms with Crippen molar-refractivity contribution in [2.75, 3.05) is 6.54 Å². The summed E-state index contributed by atoms with van der Waals surface area (Å²) < 4.78 is 0. The van der Waals surface area contributed by atoms with Crippen LogP contribution in [0.1, 0.15) is 35.0 Å². The van der Waals surface area contributed by atoms with Gasteiger partial charge in [-0.1, -0.05) is 23.7 Å². The second-order valence-electron chi connectivity index (χ2n) is 5.48. The Morgan fingerprint density at radius 2 is 2.05 bits per heavy atom. The van der Waals surface area contributed by atoms with Crippen molar-refractivity contribution in [1.29, 1.82) is 0 Å². The quantitative estimate of drug-likeness (QED) is 0.896. The van der Waals surface area contributed by atoms with Crippen LogP contribution < -0.4 is 5.32 Å². The minimum absolute atomic E-state index is 0.662. The van der Waals surface area contributed by atoms with E-state index in [9.17, 15) is 0 Å². The van der Waals surface area contributed by atoms with Crippen LogP contribution in [-0.4, -0.2) is 17.6 Å². The Hall–Kier alpha value is -0.900.